The van der Waals surface area contributed by atoms with E-state index >= 15 is 0 Å². The van der Waals surface area contributed by atoms with Crippen LogP contribution in [0.5, 0.6) is 0 Å². The van der Waals surface area contributed by atoms with Gasteiger partial charge in [0, 0.05) is 18.7 Å². The molecule has 0 aromatic rings. The van der Waals surface area contributed by atoms with Crippen LogP contribution in [-0.4, -0.2) is 48.7 Å². The van der Waals surface area contributed by atoms with Crippen LogP contribution in [0.1, 0.15) is 19.8 Å². The van der Waals surface area contributed by atoms with Gasteiger partial charge in [0.1, 0.15) is 0 Å². The number of nitrogens with zero attached hydrogens (tertiary/aromatic N) is 1. The zero-order valence-corrected chi connectivity index (χ0v) is 10.0. The molecule has 4 nitrogen and oxygen atoms in total. The highest BCUT2D eigenvalue weighted by molar-refractivity contribution is 5.86. The van der Waals surface area contributed by atoms with Crippen molar-refractivity contribution in [3.8, 4) is 0 Å². The molecule has 1 saturated heterocycles. The van der Waals surface area contributed by atoms with Gasteiger partial charge in [0.05, 0.1) is 0 Å². The molecule has 1 heterocycles. The second kappa shape index (κ2) is 6.66. The van der Waals surface area contributed by atoms with Gasteiger partial charge in [-0.15, -0.1) is 0 Å². The summed E-state index contributed by atoms with van der Waals surface area (Å²) in [6.45, 7) is 10.4. The molecule has 0 amide bonds. The van der Waals surface area contributed by atoms with Crippen molar-refractivity contribution in [3.05, 3.63) is 12.2 Å². The molecule has 1 aliphatic heterocycles. The third-order valence-electron chi connectivity index (χ3n) is 2.90. The van der Waals surface area contributed by atoms with E-state index in [2.05, 4.69) is 23.7 Å². The van der Waals surface area contributed by atoms with Crippen LogP contribution in [0.3, 0.4) is 0 Å². The number of aliphatic carboxylic acids is 1. The number of carboxylic acid groups (broad SMARTS) is 1. The van der Waals surface area contributed by atoms with E-state index in [4.69, 9.17) is 5.11 Å². The van der Waals surface area contributed by atoms with Gasteiger partial charge < -0.3 is 15.3 Å². The first-order chi connectivity index (χ1) is 7.59. The molecule has 1 unspecified atom stereocenters. The van der Waals surface area contributed by atoms with Gasteiger partial charge in [-0.3, -0.25) is 0 Å². The summed E-state index contributed by atoms with van der Waals surface area (Å²) in [6, 6.07) is 0. The van der Waals surface area contributed by atoms with E-state index in [0.717, 1.165) is 13.1 Å². The second-order valence-electron chi connectivity index (χ2n) is 4.65. The molecule has 4 heteroatoms. The molecule has 2 N–H and O–H groups in total. The largest absolute Gasteiger partial charge is 0.478 e. The zero-order chi connectivity index (χ0) is 12.0. The molecule has 92 valence electrons. The maximum atomic E-state index is 10.5. The lowest BCUT2D eigenvalue weighted by Gasteiger charge is -2.20. The molecule has 0 aromatic carbocycles. The SMILES string of the molecule is C=C(CNCC(C)CN1CCCC1)C(=O)O. The normalized spacial score (nSPS) is 18.6. The average molecular weight is 226 g/mol. The van der Waals surface area contributed by atoms with Crippen LogP contribution in [0.15, 0.2) is 12.2 Å². The van der Waals surface area contributed by atoms with Gasteiger partial charge in [-0.1, -0.05) is 13.5 Å². The fraction of sp³-hybridized carbons (Fsp3) is 0.750. The smallest absolute Gasteiger partial charge is 0.332 e. The number of carboxylic acids is 1. The quantitative estimate of drug-likeness (QED) is 0.635. The van der Waals surface area contributed by atoms with Crippen molar-refractivity contribution >= 4 is 5.97 Å². The van der Waals surface area contributed by atoms with E-state index in [1.54, 1.807) is 0 Å². The van der Waals surface area contributed by atoms with E-state index in [1.807, 2.05) is 0 Å². The van der Waals surface area contributed by atoms with Gasteiger partial charge in [0.2, 0.25) is 0 Å². The molecule has 1 fully saturated rings. The maximum absolute atomic E-state index is 10.5. The van der Waals surface area contributed by atoms with E-state index in [9.17, 15) is 4.79 Å². The fourth-order valence-electron chi connectivity index (χ4n) is 2.02. The summed E-state index contributed by atoms with van der Waals surface area (Å²) in [5.41, 5.74) is 0.230. The molecule has 1 aliphatic rings. The highest BCUT2D eigenvalue weighted by atomic mass is 16.4. The third-order valence-corrected chi connectivity index (χ3v) is 2.90. The Balaban J connectivity index is 2.07. The van der Waals surface area contributed by atoms with E-state index in [0.29, 0.717) is 12.5 Å². The molecule has 1 rings (SSSR count). The van der Waals surface area contributed by atoms with Crippen LogP contribution < -0.4 is 5.32 Å². The van der Waals surface area contributed by atoms with Crippen LogP contribution in [0.2, 0.25) is 0 Å². The number of likely N-dealkylation sites (tertiary alicyclic amines) is 1. The highest BCUT2D eigenvalue weighted by Crippen LogP contribution is 2.09. The molecule has 16 heavy (non-hydrogen) atoms. The monoisotopic (exact) mass is 226 g/mol. The molecule has 0 aromatic heterocycles. The van der Waals surface area contributed by atoms with Gasteiger partial charge in [0.15, 0.2) is 0 Å². The number of nitrogens with one attached hydrogen (secondary N) is 1. The molecule has 0 bridgehead atoms. The van der Waals surface area contributed by atoms with Crippen molar-refractivity contribution in [3.63, 3.8) is 0 Å². The number of hydrogen-bond donors (Lipinski definition) is 2. The maximum Gasteiger partial charge on any atom is 0.332 e. The lowest BCUT2D eigenvalue weighted by Crippen LogP contribution is -2.32. The minimum Gasteiger partial charge on any atom is -0.478 e. The third kappa shape index (κ3) is 4.77. The summed E-state index contributed by atoms with van der Waals surface area (Å²) in [5, 5.41) is 11.8. The Hall–Kier alpha value is -0.870. The summed E-state index contributed by atoms with van der Waals surface area (Å²) in [7, 11) is 0. The molecular weight excluding hydrogens is 204 g/mol. The summed E-state index contributed by atoms with van der Waals surface area (Å²) < 4.78 is 0. The van der Waals surface area contributed by atoms with Crippen molar-refractivity contribution in [2.24, 2.45) is 5.92 Å². The average Bonchev–Trinajstić information content (AvgIpc) is 2.70. The van der Waals surface area contributed by atoms with Crippen LogP contribution in [0.25, 0.3) is 0 Å². The number of carbonyl (C=O) groups is 1. The van der Waals surface area contributed by atoms with Crippen molar-refractivity contribution in [1.29, 1.82) is 0 Å². The number of rotatable bonds is 7. The standard InChI is InChI=1S/C12H22N2O2/c1-10(9-14-5-3-4-6-14)7-13-8-11(2)12(15)16/h10,13H,2-9H2,1H3,(H,15,16). The van der Waals surface area contributed by atoms with Crippen molar-refractivity contribution < 1.29 is 9.90 Å². The first-order valence-corrected chi connectivity index (χ1v) is 5.93. The predicted octanol–water partition coefficient (Wildman–Crippen LogP) is 0.949. The molecule has 0 spiro atoms. The van der Waals surface area contributed by atoms with Crippen LogP contribution in [0, 0.1) is 5.92 Å². The Morgan fingerprint density at radius 1 is 1.50 bits per heavy atom. The lowest BCUT2D eigenvalue weighted by atomic mass is 10.1. The number of hydrogen-bond acceptors (Lipinski definition) is 3. The van der Waals surface area contributed by atoms with E-state index in [1.165, 1.54) is 25.9 Å². The summed E-state index contributed by atoms with van der Waals surface area (Å²) in [6.07, 6.45) is 2.63. The summed E-state index contributed by atoms with van der Waals surface area (Å²) in [4.78, 5) is 13.0. The van der Waals surface area contributed by atoms with E-state index < -0.39 is 5.97 Å². The molecule has 0 radical (unpaired) electrons. The van der Waals surface area contributed by atoms with Crippen molar-refractivity contribution in [2.45, 2.75) is 19.8 Å². The van der Waals surface area contributed by atoms with Gasteiger partial charge in [-0.2, -0.15) is 0 Å². The lowest BCUT2D eigenvalue weighted by molar-refractivity contribution is -0.132. The molecule has 0 aliphatic carbocycles. The van der Waals surface area contributed by atoms with Crippen molar-refractivity contribution in [2.75, 3.05) is 32.7 Å². The van der Waals surface area contributed by atoms with Crippen LogP contribution >= 0.6 is 0 Å². The Morgan fingerprint density at radius 2 is 2.12 bits per heavy atom. The summed E-state index contributed by atoms with van der Waals surface area (Å²) in [5.74, 6) is -0.362. The highest BCUT2D eigenvalue weighted by Gasteiger charge is 2.14. The topological polar surface area (TPSA) is 52.6 Å². The Bertz CT molecular complexity index is 247. The Morgan fingerprint density at radius 3 is 2.69 bits per heavy atom. The predicted molar refractivity (Wildman–Crippen MR) is 64.5 cm³/mol. The van der Waals surface area contributed by atoms with Crippen molar-refractivity contribution in [1.82, 2.24) is 10.2 Å². The van der Waals surface area contributed by atoms with Gasteiger partial charge in [-0.05, 0) is 38.4 Å². The molecule has 0 saturated carbocycles. The molecular formula is C12H22N2O2. The van der Waals surface area contributed by atoms with Crippen LogP contribution in [-0.2, 0) is 4.79 Å². The van der Waals surface area contributed by atoms with E-state index in [-0.39, 0.29) is 5.57 Å². The summed E-state index contributed by atoms with van der Waals surface area (Å²) >= 11 is 0. The fourth-order valence-corrected chi connectivity index (χ4v) is 2.02. The van der Waals surface area contributed by atoms with Gasteiger partial charge in [-0.25, -0.2) is 4.79 Å². The Labute approximate surface area is 97.3 Å². The first kappa shape index (κ1) is 13.2. The first-order valence-electron chi connectivity index (χ1n) is 5.93. The minimum atomic E-state index is -0.917. The Kier molecular flexibility index (Phi) is 5.49. The van der Waals surface area contributed by atoms with Gasteiger partial charge in [0.25, 0.3) is 0 Å². The second-order valence-corrected chi connectivity index (χ2v) is 4.65. The molecule has 1 atom stereocenters. The van der Waals surface area contributed by atoms with Crippen LogP contribution in [0.4, 0.5) is 0 Å². The minimum absolute atomic E-state index is 0.230. The zero-order valence-electron chi connectivity index (χ0n) is 10.0. The van der Waals surface area contributed by atoms with Gasteiger partial charge >= 0.3 is 5.97 Å².